The minimum Gasteiger partial charge on any atom is -0.480 e. The number of aliphatic carboxylic acids is 1. The number of aryl methyl sites for hydroxylation is 2. The molecule has 0 aliphatic carbocycles. The van der Waals surface area contributed by atoms with Gasteiger partial charge in [0, 0.05) is 17.7 Å². The summed E-state index contributed by atoms with van der Waals surface area (Å²) < 4.78 is 0. The molecular formula is C13H19N3O4. The molecule has 1 aromatic rings. The molecule has 0 spiro atoms. The maximum atomic E-state index is 11.9. The Morgan fingerprint density at radius 3 is 2.45 bits per heavy atom. The number of carboxylic acids is 1. The number of rotatable bonds is 5. The van der Waals surface area contributed by atoms with Gasteiger partial charge in [-0.1, -0.05) is 6.92 Å². The summed E-state index contributed by atoms with van der Waals surface area (Å²) in [5, 5.41) is 11.3. The number of hydrogen-bond acceptors (Lipinski definition) is 4. The third kappa shape index (κ3) is 3.66. The van der Waals surface area contributed by atoms with E-state index in [9.17, 15) is 14.4 Å². The smallest absolute Gasteiger partial charge is 0.328 e. The summed E-state index contributed by atoms with van der Waals surface area (Å²) >= 11 is 0. The van der Waals surface area contributed by atoms with Gasteiger partial charge in [-0.15, -0.1) is 0 Å². The van der Waals surface area contributed by atoms with E-state index in [2.05, 4.69) is 15.3 Å². The topological polar surface area (TPSA) is 112 Å². The fourth-order valence-electron chi connectivity index (χ4n) is 1.65. The predicted octanol–water partition coefficient (Wildman–Crippen LogP) is 0.163. The van der Waals surface area contributed by atoms with Crippen LogP contribution in [0, 0.1) is 6.92 Å². The Morgan fingerprint density at radius 2 is 2.00 bits per heavy atom. The van der Waals surface area contributed by atoms with Crippen LogP contribution in [0.15, 0.2) is 4.79 Å². The number of carboxylic acid groups (broad SMARTS) is 1. The van der Waals surface area contributed by atoms with Crippen molar-refractivity contribution >= 4 is 11.9 Å². The molecule has 110 valence electrons. The van der Waals surface area contributed by atoms with Gasteiger partial charge in [0.15, 0.2) is 0 Å². The third-order valence-electron chi connectivity index (χ3n) is 2.93. The zero-order chi connectivity index (χ0) is 15.5. The van der Waals surface area contributed by atoms with Crippen molar-refractivity contribution < 1.29 is 14.7 Å². The first-order valence-electron chi connectivity index (χ1n) is 6.30. The summed E-state index contributed by atoms with van der Waals surface area (Å²) in [5.74, 6) is -1.12. The molecule has 7 nitrogen and oxygen atoms in total. The molecule has 0 aliphatic rings. The molecule has 7 heteroatoms. The van der Waals surface area contributed by atoms with Crippen LogP contribution in [0.2, 0.25) is 0 Å². The monoisotopic (exact) mass is 281 g/mol. The molecule has 1 aromatic heterocycles. The van der Waals surface area contributed by atoms with Crippen molar-refractivity contribution in [1.82, 2.24) is 15.3 Å². The van der Waals surface area contributed by atoms with Crippen LogP contribution in [0.25, 0.3) is 0 Å². The van der Waals surface area contributed by atoms with Gasteiger partial charge in [-0.2, -0.15) is 0 Å². The SMILES string of the molecule is CCc1nc(C)c(CC(=O)NC(C)(C)C(=O)O)c(=O)[nH]1. The van der Waals surface area contributed by atoms with Crippen LogP contribution >= 0.6 is 0 Å². The van der Waals surface area contributed by atoms with Gasteiger partial charge in [-0.3, -0.25) is 9.59 Å². The van der Waals surface area contributed by atoms with Crippen LogP contribution in [0.5, 0.6) is 0 Å². The van der Waals surface area contributed by atoms with Crippen molar-refractivity contribution in [2.24, 2.45) is 0 Å². The number of aromatic nitrogens is 2. The van der Waals surface area contributed by atoms with Crippen LogP contribution in [-0.4, -0.2) is 32.5 Å². The fourth-order valence-corrected chi connectivity index (χ4v) is 1.65. The molecule has 0 aliphatic heterocycles. The number of nitrogens with one attached hydrogen (secondary N) is 2. The maximum absolute atomic E-state index is 11.9. The Kier molecular flexibility index (Phi) is 4.65. The van der Waals surface area contributed by atoms with Crippen LogP contribution in [0.4, 0.5) is 0 Å². The van der Waals surface area contributed by atoms with Gasteiger partial charge in [0.05, 0.1) is 6.42 Å². The zero-order valence-electron chi connectivity index (χ0n) is 12.0. The number of H-pyrrole nitrogens is 1. The Labute approximate surface area is 116 Å². The molecule has 0 saturated carbocycles. The van der Waals surface area contributed by atoms with Crippen LogP contribution < -0.4 is 10.9 Å². The Bertz CT molecular complexity index is 590. The third-order valence-corrected chi connectivity index (χ3v) is 2.93. The molecule has 1 heterocycles. The lowest BCUT2D eigenvalue weighted by atomic mass is 10.0. The Hall–Kier alpha value is -2.18. The normalized spacial score (nSPS) is 11.2. The lowest BCUT2D eigenvalue weighted by Crippen LogP contribution is -2.50. The number of carbonyl (C=O) groups excluding carboxylic acids is 1. The van der Waals surface area contributed by atoms with Crippen LogP contribution in [0.3, 0.4) is 0 Å². The van der Waals surface area contributed by atoms with Gasteiger partial charge in [0.25, 0.3) is 5.56 Å². The fraction of sp³-hybridized carbons (Fsp3) is 0.538. The van der Waals surface area contributed by atoms with Gasteiger partial charge in [-0.25, -0.2) is 9.78 Å². The molecule has 0 fully saturated rings. The lowest BCUT2D eigenvalue weighted by molar-refractivity contribution is -0.145. The largest absolute Gasteiger partial charge is 0.480 e. The van der Waals surface area contributed by atoms with E-state index in [1.165, 1.54) is 13.8 Å². The maximum Gasteiger partial charge on any atom is 0.328 e. The van der Waals surface area contributed by atoms with E-state index in [0.29, 0.717) is 17.9 Å². The summed E-state index contributed by atoms with van der Waals surface area (Å²) in [6.45, 7) is 6.27. The second kappa shape index (κ2) is 5.85. The molecule has 0 aromatic carbocycles. The van der Waals surface area contributed by atoms with Crippen molar-refractivity contribution in [3.63, 3.8) is 0 Å². The summed E-state index contributed by atoms with van der Waals surface area (Å²) in [6.07, 6.45) is 0.392. The molecular weight excluding hydrogens is 262 g/mol. The first-order valence-corrected chi connectivity index (χ1v) is 6.30. The summed E-state index contributed by atoms with van der Waals surface area (Å²) in [4.78, 5) is 41.4. The Balaban J connectivity index is 2.92. The van der Waals surface area contributed by atoms with Crippen molar-refractivity contribution in [3.8, 4) is 0 Å². The standard InChI is InChI=1S/C13H19N3O4/c1-5-9-14-7(2)8(11(18)15-9)6-10(17)16-13(3,4)12(19)20/h5-6H2,1-4H3,(H,16,17)(H,19,20)(H,14,15,18). The molecule has 1 rings (SSSR count). The highest BCUT2D eigenvalue weighted by Gasteiger charge is 2.29. The average molecular weight is 281 g/mol. The number of hydrogen-bond donors (Lipinski definition) is 3. The van der Waals surface area contributed by atoms with E-state index in [4.69, 9.17) is 5.11 Å². The molecule has 0 unspecified atom stereocenters. The highest BCUT2D eigenvalue weighted by atomic mass is 16.4. The van der Waals surface area contributed by atoms with Gasteiger partial charge >= 0.3 is 5.97 Å². The van der Waals surface area contributed by atoms with Crippen molar-refractivity contribution in [1.29, 1.82) is 0 Å². The molecule has 1 amide bonds. The predicted molar refractivity (Wildman–Crippen MR) is 72.5 cm³/mol. The van der Waals surface area contributed by atoms with Gasteiger partial charge in [-0.05, 0) is 20.8 Å². The van der Waals surface area contributed by atoms with E-state index in [1.807, 2.05) is 6.92 Å². The minimum absolute atomic E-state index is 0.200. The first kappa shape index (κ1) is 15.9. The molecule has 0 radical (unpaired) electrons. The van der Waals surface area contributed by atoms with Gasteiger partial charge in [0.1, 0.15) is 11.4 Å². The molecule has 0 bridgehead atoms. The summed E-state index contributed by atoms with van der Waals surface area (Å²) in [5.41, 5.74) is -1.01. The number of nitrogens with zero attached hydrogens (tertiary/aromatic N) is 1. The number of carbonyl (C=O) groups is 2. The highest BCUT2D eigenvalue weighted by Crippen LogP contribution is 2.05. The first-order chi connectivity index (χ1) is 9.17. The molecule has 0 saturated heterocycles. The minimum atomic E-state index is -1.38. The zero-order valence-corrected chi connectivity index (χ0v) is 12.0. The summed E-state index contributed by atoms with van der Waals surface area (Å²) in [6, 6.07) is 0. The van der Waals surface area contributed by atoms with E-state index in [0.717, 1.165) is 0 Å². The molecule has 20 heavy (non-hydrogen) atoms. The quantitative estimate of drug-likeness (QED) is 0.712. The average Bonchev–Trinajstić information content (AvgIpc) is 2.32. The van der Waals surface area contributed by atoms with E-state index < -0.39 is 17.4 Å². The second-order valence-electron chi connectivity index (χ2n) is 5.09. The van der Waals surface area contributed by atoms with Crippen LogP contribution in [0.1, 0.15) is 37.9 Å². The van der Waals surface area contributed by atoms with E-state index in [1.54, 1.807) is 6.92 Å². The summed E-state index contributed by atoms with van der Waals surface area (Å²) in [7, 11) is 0. The van der Waals surface area contributed by atoms with Crippen LogP contribution in [-0.2, 0) is 22.4 Å². The van der Waals surface area contributed by atoms with Gasteiger partial charge in [0.2, 0.25) is 5.91 Å². The molecule has 0 atom stereocenters. The molecule has 3 N–H and O–H groups in total. The lowest BCUT2D eigenvalue weighted by Gasteiger charge is -2.21. The van der Waals surface area contributed by atoms with E-state index in [-0.39, 0.29) is 17.5 Å². The second-order valence-corrected chi connectivity index (χ2v) is 5.09. The van der Waals surface area contributed by atoms with Gasteiger partial charge < -0.3 is 15.4 Å². The van der Waals surface area contributed by atoms with Crippen molar-refractivity contribution in [2.75, 3.05) is 0 Å². The highest BCUT2D eigenvalue weighted by molar-refractivity contribution is 5.87. The number of aromatic amines is 1. The number of amides is 1. The van der Waals surface area contributed by atoms with Crippen molar-refractivity contribution in [2.45, 2.75) is 46.1 Å². The van der Waals surface area contributed by atoms with Crippen molar-refractivity contribution in [3.05, 3.63) is 27.4 Å². The Morgan fingerprint density at radius 1 is 1.40 bits per heavy atom. The van der Waals surface area contributed by atoms with E-state index >= 15 is 0 Å².